The van der Waals surface area contributed by atoms with Crippen molar-refractivity contribution in [3.8, 4) is 0 Å². The molecule has 0 aromatic heterocycles. The third kappa shape index (κ3) is 5.74. The molecule has 0 saturated carbocycles. The highest BCUT2D eigenvalue weighted by Crippen LogP contribution is 2.29. The molecule has 122 valence electrons. The minimum atomic E-state index is -1.39. The molecule has 0 spiro atoms. The Hall–Kier alpha value is -0.960. The van der Waals surface area contributed by atoms with E-state index in [0.29, 0.717) is 31.8 Å². The summed E-state index contributed by atoms with van der Waals surface area (Å²) in [5, 5.41) is 36.2. The predicted octanol–water partition coefficient (Wildman–Crippen LogP) is -1.91. The quantitative estimate of drug-likeness (QED) is 0.273. The maximum atomic E-state index is 9.08. The molecule has 1 rings (SSSR count). The summed E-state index contributed by atoms with van der Waals surface area (Å²) in [4.78, 5) is 1.91. The van der Waals surface area contributed by atoms with Gasteiger partial charge in [0.1, 0.15) is 0 Å². The van der Waals surface area contributed by atoms with Crippen LogP contribution in [0.15, 0.2) is 23.9 Å². The lowest BCUT2D eigenvalue weighted by atomic mass is 9.77. The summed E-state index contributed by atoms with van der Waals surface area (Å²) in [5.41, 5.74) is 12.1. The summed E-state index contributed by atoms with van der Waals surface area (Å²) in [6, 6.07) is 0. The van der Waals surface area contributed by atoms with E-state index >= 15 is 0 Å². The van der Waals surface area contributed by atoms with Crippen molar-refractivity contribution in [2.45, 2.75) is 24.7 Å². The summed E-state index contributed by atoms with van der Waals surface area (Å²) in [6.45, 7) is 1.40. The van der Waals surface area contributed by atoms with E-state index in [1.54, 1.807) is 12.2 Å². The lowest BCUT2D eigenvalue weighted by molar-refractivity contribution is -0.0500. The van der Waals surface area contributed by atoms with Gasteiger partial charge in [0.2, 0.25) is 0 Å². The highest BCUT2D eigenvalue weighted by molar-refractivity contribution is 5.29. The zero-order valence-corrected chi connectivity index (χ0v) is 12.2. The molecular weight excluding hydrogens is 274 g/mol. The lowest BCUT2D eigenvalue weighted by Crippen LogP contribution is -2.51. The molecule has 8 N–H and O–H groups in total. The molecule has 7 nitrogen and oxygen atoms in total. The van der Waals surface area contributed by atoms with Crippen LogP contribution in [0.5, 0.6) is 0 Å². The second-order valence-electron chi connectivity index (χ2n) is 5.49. The van der Waals surface area contributed by atoms with Gasteiger partial charge >= 0.3 is 0 Å². The number of hydrogen-bond donors (Lipinski definition) is 6. The fourth-order valence-electron chi connectivity index (χ4n) is 2.54. The zero-order chi connectivity index (χ0) is 15.9. The Kier molecular flexibility index (Phi) is 7.30. The predicted molar refractivity (Wildman–Crippen MR) is 79.9 cm³/mol. The van der Waals surface area contributed by atoms with E-state index in [-0.39, 0.29) is 25.6 Å². The molecule has 0 fully saturated rings. The monoisotopic (exact) mass is 301 g/mol. The summed E-state index contributed by atoms with van der Waals surface area (Å²) >= 11 is 0. The number of allylic oxidation sites excluding steroid dienone is 1. The molecule has 21 heavy (non-hydrogen) atoms. The summed E-state index contributed by atoms with van der Waals surface area (Å²) < 4.78 is 0. The van der Waals surface area contributed by atoms with E-state index in [1.807, 2.05) is 11.0 Å². The molecule has 0 heterocycles. The summed E-state index contributed by atoms with van der Waals surface area (Å²) in [6.07, 6.45) is 4.56. The van der Waals surface area contributed by atoms with Crippen LogP contribution >= 0.6 is 0 Å². The van der Waals surface area contributed by atoms with E-state index in [4.69, 9.17) is 31.9 Å². The van der Waals surface area contributed by atoms with Crippen molar-refractivity contribution in [1.29, 1.82) is 0 Å². The Labute approximate surface area is 125 Å². The van der Waals surface area contributed by atoms with Crippen LogP contribution in [0.4, 0.5) is 0 Å². The van der Waals surface area contributed by atoms with Gasteiger partial charge in [-0.3, -0.25) is 4.90 Å². The Bertz CT molecular complexity index is 367. The Morgan fingerprint density at radius 2 is 1.86 bits per heavy atom. The first-order valence-electron chi connectivity index (χ1n) is 7.17. The molecule has 1 aliphatic rings. The normalized spacial score (nSPS) is 25.7. The summed E-state index contributed by atoms with van der Waals surface area (Å²) in [5.74, 6) is -0.126. The van der Waals surface area contributed by atoms with Crippen LogP contribution in [0, 0.1) is 5.92 Å². The number of nitrogens with zero attached hydrogens (tertiary/aromatic N) is 1. The maximum absolute atomic E-state index is 9.08. The van der Waals surface area contributed by atoms with Gasteiger partial charge in [-0.2, -0.15) is 0 Å². The van der Waals surface area contributed by atoms with Crippen LogP contribution in [0.25, 0.3) is 0 Å². The fourth-order valence-corrected chi connectivity index (χ4v) is 2.54. The summed E-state index contributed by atoms with van der Waals surface area (Å²) in [7, 11) is 0. The first-order chi connectivity index (χ1) is 9.91. The molecule has 7 heteroatoms. The van der Waals surface area contributed by atoms with Gasteiger partial charge in [0.15, 0.2) is 6.29 Å². The molecule has 0 aromatic rings. The van der Waals surface area contributed by atoms with Crippen LogP contribution < -0.4 is 11.5 Å². The van der Waals surface area contributed by atoms with Gasteiger partial charge in [-0.05, 0) is 18.9 Å². The molecule has 0 bridgehead atoms. The molecule has 0 aromatic carbocycles. The number of rotatable bonds is 9. The van der Waals surface area contributed by atoms with Gasteiger partial charge in [-0.1, -0.05) is 12.2 Å². The van der Waals surface area contributed by atoms with E-state index in [9.17, 15) is 0 Å². The van der Waals surface area contributed by atoms with Crippen molar-refractivity contribution < 1.29 is 20.4 Å². The van der Waals surface area contributed by atoms with Crippen LogP contribution in [-0.4, -0.2) is 70.0 Å². The number of nitrogens with two attached hydrogens (primary N) is 2. The van der Waals surface area contributed by atoms with Crippen molar-refractivity contribution in [2.24, 2.45) is 17.4 Å². The minimum Gasteiger partial charge on any atom is -0.399 e. The highest BCUT2D eigenvalue weighted by atomic mass is 16.5. The molecule has 0 radical (unpaired) electrons. The van der Waals surface area contributed by atoms with Crippen LogP contribution in [0.1, 0.15) is 12.8 Å². The topological polar surface area (TPSA) is 136 Å². The molecule has 0 aliphatic heterocycles. The Morgan fingerprint density at radius 3 is 2.38 bits per heavy atom. The van der Waals surface area contributed by atoms with Gasteiger partial charge in [-0.15, -0.1) is 0 Å². The molecule has 0 saturated heterocycles. The first kappa shape index (κ1) is 18.1. The van der Waals surface area contributed by atoms with Crippen molar-refractivity contribution >= 4 is 0 Å². The molecular formula is C14H27N3O4. The van der Waals surface area contributed by atoms with Crippen LogP contribution in [-0.2, 0) is 0 Å². The molecule has 1 aliphatic carbocycles. The van der Waals surface area contributed by atoms with Gasteiger partial charge in [0, 0.05) is 36.8 Å². The van der Waals surface area contributed by atoms with Crippen LogP contribution in [0.2, 0.25) is 0 Å². The third-order valence-corrected chi connectivity index (χ3v) is 3.79. The number of aliphatic hydroxyl groups excluding tert-OH is 3. The van der Waals surface area contributed by atoms with Gasteiger partial charge in [-0.25, -0.2) is 0 Å². The van der Waals surface area contributed by atoms with E-state index in [1.165, 1.54) is 0 Å². The fraction of sp³-hybridized carbons (Fsp3) is 0.714. The molecule has 2 unspecified atom stereocenters. The zero-order valence-electron chi connectivity index (χ0n) is 12.2. The molecule has 0 amide bonds. The lowest BCUT2D eigenvalue weighted by Gasteiger charge is -2.39. The smallest absolute Gasteiger partial charge is 0.151 e. The largest absolute Gasteiger partial charge is 0.399 e. The number of aliphatic hydroxyl groups is 4. The highest BCUT2D eigenvalue weighted by Gasteiger charge is 2.34. The van der Waals surface area contributed by atoms with Gasteiger partial charge < -0.3 is 31.9 Å². The van der Waals surface area contributed by atoms with Crippen molar-refractivity contribution in [2.75, 3.05) is 32.8 Å². The van der Waals surface area contributed by atoms with Crippen LogP contribution in [0.3, 0.4) is 0 Å². The van der Waals surface area contributed by atoms with Crippen molar-refractivity contribution in [3.05, 3.63) is 23.9 Å². The molecule has 2 atom stereocenters. The van der Waals surface area contributed by atoms with E-state index in [0.717, 1.165) is 0 Å². The van der Waals surface area contributed by atoms with Crippen molar-refractivity contribution in [1.82, 2.24) is 4.90 Å². The second kappa shape index (κ2) is 8.47. The first-order valence-corrected chi connectivity index (χ1v) is 7.17. The maximum Gasteiger partial charge on any atom is 0.151 e. The van der Waals surface area contributed by atoms with Crippen molar-refractivity contribution in [3.63, 3.8) is 0 Å². The minimum absolute atomic E-state index is 0.00528. The average Bonchev–Trinajstić information content (AvgIpc) is 2.42. The SMILES string of the molecule is NC1=CC(CN(CCO)CCO)C(N)(CCC(O)O)C=C1. The standard InChI is InChI=1S/C14H27N3O4/c15-12-1-3-14(16,4-2-13(20)21)11(9-12)10-17(5-7-18)6-8-19/h1,3,9,11,13,18-21H,2,4-8,10,15-16H2. The van der Waals surface area contributed by atoms with Gasteiger partial charge in [0.05, 0.1) is 13.2 Å². The third-order valence-electron chi connectivity index (χ3n) is 3.79. The Balaban J connectivity index is 2.79. The average molecular weight is 301 g/mol. The van der Waals surface area contributed by atoms with Gasteiger partial charge in [0.25, 0.3) is 0 Å². The van der Waals surface area contributed by atoms with E-state index < -0.39 is 11.8 Å². The Morgan fingerprint density at radius 1 is 1.24 bits per heavy atom. The van der Waals surface area contributed by atoms with E-state index in [2.05, 4.69) is 0 Å². The number of hydrogen-bond acceptors (Lipinski definition) is 7. The second-order valence-corrected chi connectivity index (χ2v) is 5.49.